The standard InChI is InChI=1S/C15H17Cl2NO2/c1-3-5-18-9-15-10(4-6-20-15)11-7-13(17)14(19-2)8-12(11)16/h4,6-8,18H,3,5,9H2,1-2H3. The van der Waals surface area contributed by atoms with Crippen LogP contribution in [0.5, 0.6) is 5.75 Å². The van der Waals surface area contributed by atoms with Crippen LogP contribution in [0.3, 0.4) is 0 Å². The number of rotatable bonds is 6. The summed E-state index contributed by atoms with van der Waals surface area (Å²) in [6.07, 6.45) is 2.73. The third kappa shape index (κ3) is 3.29. The van der Waals surface area contributed by atoms with Crippen molar-refractivity contribution in [2.45, 2.75) is 19.9 Å². The Morgan fingerprint density at radius 2 is 2.00 bits per heavy atom. The fourth-order valence-electron chi connectivity index (χ4n) is 1.99. The lowest BCUT2D eigenvalue weighted by Crippen LogP contribution is -2.13. The SMILES string of the molecule is CCCNCc1occc1-c1cc(Cl)c(OC)cc1Cl. The number of halogens is 2. The molecule has 0 saturated carbocycles. The van der Waals surface area contributed by atoms with Gasteiger partial charge in [0.15, 0.2) is 0 Å². The van der Waals surface area contributed by atoms with Crippen molar-refractivity contribution in [3.8, 4) is 16.9 Å². The highest BCUT2D eigenvalue weighted by Crippen LogP contribution is 2.38. The Labute approximate surface area is 128 Å². The molecule has 1 aromatic heterocycles. The van der Waals surface area contributed by atoms with E-state index in [2.05, 4.69) is 12.2 Å². The third-order valence-electron chi connectivity index (χ3n) is 2.99. The van der Waals surface area contributed by atoms with Crippen LogP contribution in [0.1, 0.15) is 19.1 Å². The quantitative estimate of drug-likeness (QED) is 0.781. The highest BCUT2D eigenvalue weighted by molar-refractivity contribution is 6.36. The summed E-state index contributed by atoms with van der Waals surface area (Å²) >= 11 is 12.5. The van der Waals surface area contributed by atoms with Gasteiger partial charge in [-0.05, 0) is 25.1 Å². The van der Waals surface area contributed by atoms with E-state index in [1.807, 2.05) is 6.07 Å². The number of methoxy groups -OCH3 is 1. The summed E-state index contributed by atoms with van der Waals surface area (Å²) in [7, 11) is 1.56. The Balaban J connectivity index is 2.32. The van der Waals surface area contributed by atoms with E-state index in [0.29, 0.717) is 22.3 Å². The molecule has 1 N–H and O–H groups in total. The molecular weight excluding hydrogens is 297 g/mol. The second-order valence-corrected chi connectivity index (χ2v) is 5.22. The molecule has 2 rings (SSSR count). The molecule has 0 bridgehead atoms. The first kappa shape index (κ1) is 15.2. The van der Waals surface area contributed by atoms with Crippen LogP contribution < -0.4 is 10.1 Å². The van der Waals surface area contributed by atoms with Crippen LogP contribution in [0.25, 0.3) is 11.1 Å². The number of hydrogen-bond donors (Lipinski definition) is 1. The van der Waals surface area contributed by atoms with Crippen LogP contribution in [0.15, 0.2) is 28.9 Å². The molecule has 2 aromatic rings. The van der Waals surface area contributed by atoms with Gasteiger partial charge in [-0.3, -0.25) is 0 Å². The molecule has 0 amide bonds. The second kappa shape index (κ2) is 7.02. The molecule has 0 saturated heterocycles. The summed E-state index contributed by atoms with van der Waals surface area (Å²) in [6.45, 7) is 3.73. The summed E-state index contributed by atoms with van der Waals surface area (Å²) in [5, 5.41) is 4.43. The highest BCUT2D eigenvalue weighted by atomic mass is 35.5. The van der Waals surface area contributed by atoms with E-state index in [-0.39, 0.29) is 0 Å². The topological polar surface area (TPSA) is 34.4 Å². The average molecular weight is 314 g/mol. The van der Waals surface area contributed by atoms with Crippen molar-refractivity contribution in [1.82, 2.24) is 5.32 Å². The van der Waals surface area contributed by atoms with Gasteiger partial charge in [0.1, 0.15) is 11.5 Å². The Hall–Kier alpha value is -1.16. The van der Waals surface area contributed by atoms with E-state index in [4.69, 9.17) is 32.4 Å². The van der Waals surface area contributed by atoms with Gasteiger partial charge in [0.05, 0.1) is 30.0 Å². The van der Waals surface area contributed by atoms with Crippen LogP contribution in [0.2, 0.25) is 10.0 Å². The minimum atomic E-state index is 0.528. The molecule has 1 aromatic carbocycles. The van der Waals surface area contributed by atoms with Crippen molar-refractivity contribution in [3.63, 3.8) is 0 Å². The van der Waals surface area contributed by atoms with E-state index < -0.39 is 0 Å². The van der Waals surface area contributed by atoms with Gasteiger partial charge in [-0.2, -0.15) is 0 Å². The predicted molar refractivity (Wildman–Crippen MR) is 82.7 cm³/mol. The molecule has 3 nitrogen and oxygen atoms in total. The first-order valence-corrected chi connectivity index (χ1v) is 7.23. The van der Waals surface area contributed by atoms with Crippen molar-refractivity contribution in [2.24, 2.45) is 0 Å². The molecule has 0 atom stereocenters. The number of hydrogen-bond acceptors (Lipinski definition) is 3. The van der Waals surface area contributed by atoms with Gasteiger partial charge in [0, 0.05) is 17.2 Å². The van der Waals surface area contributed by atoms with Gasteiger partial charge in [-0.25, -0.2) is 0 Å². The largest absolute Gasteiger partial charge is 0.495 e. The van der Waals surface area contributed by atoms with Gasteiger partial charge in [-0.15, -0.1) is 0 Å². The lowest BCUT2D eigenvalue weighted by Gasteiger charge is -2.09. The maximum absolute atomic E-state index is 6.30. The van der Waals surface area contributed by atoms with Gasteiger partial charge < -0.3 is 14.5 Å². The minimum absolute atomic E-state index is 0.528. The summed E-state index contributed by atoms with van der Waals surface area (Å²) in [5.74, 6) is 1.41. The normalized spacial score (nSPS) is 10.8. The molecular formula is C15H17Cl2NO2. The highest BCUT2D eigenvalue weighted by Gasteiger charge is 2.14. The Bertz CT molecular complexity index is 581. The van der Waals surface area contributed by atoms with Crippen molar-refractivity contribution in [3.05, 3.63) is 40.3 Å². The van der Waals surface area contributed by atoms with Gasteiger partial charge in [-0.1, -0.05) is 30.1 Å². The molecule has 0 unspecified atom stereocenters. The van der Waals surface area contributed by atoms with Crippen LogP contribution in [0.4, 0.5) is 0 Å². The second-order valence-electron chi connectivity index (χ2n) is 4.40. The lowest BCUT2D eigenvalue weighted by atomic mass is 10.1. The van der Waals surface area contributed by atoms with Crippen LogP contribution >= 0.6 is 23.2 Å². The first-order valence-electron chi connectivity index (χ1n) is 6.47. The van der Waals surface area contributed by atoms with Gasteiger partial charge >= 0.3 is 0 Å². The monoisotopic (exact) mass is 313 g/mol. The molecule has 20 heavy (non-hydrogen) atoms. The third-order valence-corrected chi connectivity index (χ3v) is 3.60. The summed E-state index contributed by atoms with van der Waals surface area (Å²) in [6, 6.07) is 5.42. The molecule has 1 heterocycles. The van der Waals surface area contributed by atoms with Crippen LogP contribution in [-0.2, 0) is 6.54 Å². The molecule has 0 fully saturated rings. The molecule has 0 spiro atoms. The molecule has 0 radical (unpaired) electrons. The minimum Gasteiger partial charge on any atom is -0.495 e. The van der Waals surface area contributed by atoms with E-state index in [9.17, 15) is 0 Å². The van der Waals surface area contributed by atoms with Crippen molar-refractivity contribution in [2.75, 3.05) is 13.7 Å². The zero-order chi connectivity index (χ0) is 14.5. The maximum Gasteiger partial charge on any atom is 0.138 e. The van der Waals surface area contributed by atoms with Crippen molar-refractivity contribution >= 4 is 23.2 Å². The number of nitrogens with one attached hydrogen (secondary N) is 1. The number of furan rings is 1. The van der Waals surface area contributed by atoms with Gasteiger partial charge in [0.25, 0.3) is 0 Å². The Morgan fingerprint density at radius 3 is 2.70 bits per heavy atom. The van der Waals surface area contributed by atoms with Crippen LogP contribution in [-0.4, -0.2) is 13.7 Å². The Morgan fingerprint density at radius 1 is 1.20 bits per heavy atom. The van der Waals surface area contributed by atoms with E-state index in [1.165, 1.54) is 0 Å². The molecule has 0 aliphatic rings. The fourth-order valence-corrected chi connectivity index (χ4v) is 2.48. The zero-order valence-corrected chi connectivity index (χ0v) is 13.0. The maximum atomic E-state index is 6.30. The lowest BCUT2D eigenvalue weighted by molar-refractivity contribution is 0.415. The van der Waals surface area contributed by atoms with E-state index in [0.717, 1.165) is 29.9 Å². The predicted octanol–water partition coefficient (Wildman–Crippen LogP) is 4.76. The first-order chi connectivity index (χ1) is 9.67. The zero-order valence-electron chi connectivity index (χ0n) is 11.5. The summed E-state index contributed by atoms with van der Waals surface area (Å²) < 4.78 is 10.7. The van der Waals surface area contributed by atoms with Crippen molar-refractivity contribution < 1.29 is 9.15 Å². The Kier molecular flexibility index (Phi) is 5.35. The molecule has 108 valence electrons. The summed E-state index contributed by atoms with van der Waals surface area (Å²) in [5.41, 5.74) is 1.79. The molecule has 5 heteroatoms. The van der Waals surface area contributed by atoms with Crippen molar-refractivity contribution in [1.29, 1.82) is 0 Å². The van der Waals surface area contributed by atoms with E-state index >= 15 is 0 Å². The number of ether oxygens (including phenoxy) is 1. The molecule has 0 aliphatic heterocycles. The van der Waals surface area contributed by atoms with E-state index in [1.54, 1.807) is 25.5 Å². The molecule has 0 aliphatic carbocycles. The fraction of sp³-hybridized carbons (Fsp3) is 0.333. The summed E-state index contributed by atoms with van der Waals surface area (Å²) in [4.78, 5) is 0. The number of benzene rings is 1. The smallest absolute Gasteiger partial charge is 0.138 e. The van der Waals surface area contributed by atoms with Crippen LogP contribution in [0, 0.1) is 0 Å². The average Bonchev–Trinajstić information content (AvgIpc) is 2.89. The van der Waals surface area contributed by atoms with Gasteiger partial charge in [0.2, 0.25) is 0 Å².